The number of hydrogen-bond donors (Lipinski definition) is 2. The summed E-state index contributed by atoms with van der Waals surface area (Å²) in [6, 6.07) is 0. The quantitative estimate of drug-likeness (QED) is 0.891. The summed E-state index contributed by atoms with van der Waals surface area (Å²) in [5, 5.41) is 3.34. The molecule has 2 N–H and O–H groups in total. The largest absolute Gasteiger partial charge is 0.369 e. The minimum atomic E-state index is -0.0776. The first-order chi connectivity index (χ1) is 9.43. The van der Waals surface area contributed by atoms with Gasteiger partial charge in [0.25, 0.3) is 0 Å². The zero-order valence-corrected chi connectivity index (χ0v) is 13.9. The number of nitrogens with zero attached hydrogens (tertiary/aromatic N) is 3. The topological polar surface area (TPSA) is 66.5 Å². The van der Waals surface area contributed by atoms with Gasteiger partial charge in [-0.15, -0.1) is 0 Å². The second-order valence-electron chi connectivity index (χ2n) is 5.67. The minimum absolute atomic E-state index is 0.0776. The summed E-state index contributed by atoms with van der Waals surface area (Å²) in [6.45, 7) is 9.40. The molecule has 108 valence electrons. The first kappa shape index (κ1) is 15.0. The highest BCUT2D eigenvalue weighted by Crippen LogP contribution is 2.33. The third-order valence-electron chi connectivity index (χ3n) is 2.81. The molecule has 2 rings (SSSR count). The summed E-state index contributed by atoms with van der Waals surface area (Å²) in [4.78, 5) is 16.5. The molecular weight excluding hydrogens is 318 g/mol. The van der Waals surface area contributed by atoms with Gasteiger partial charge in [-0.05, 0) is 22.4 Å². The van der Waals surface area contributed by atoms with E-state index in [0.29, 0.717) is 11.6 Å². The van der Waals surface area contributed by atoms with Crippen molar-refractivity contribution in [1.82, 2.24) is 19.9 Å². The number of imidazole rings is 1. The van der Waals surface area contributed by atoms with Gasteiger partial charge in [0.15, 0.2) is 11.6 Å². The van der Waals surface area contributed by atoms with Crippen molar-refractivity contribution in [2.75, 3.05) is 11.9 Å². The van der Waals surface area contributed by atoms with Crippen molar-refractivity contribution in [3.05, 3.63) is 22.6 Å². The average molecular weight is 338 g/mol. The second-order valence-corrected chi connectivity index (χ2v) is 6.47. The van der Waals surface area contributed by atoms with Crippen molar-refractivity contribution in [2.24, 2.45) is 0 Å². The van der Waals surface area contributed by atoms with E-state index in [1.54, 1.807) is 12.4 Å². The zero-order chi connectivity index (χ0) is 14.8. The summed E-state index contributed by atoms with van der Waals surface area (Å²) in [5.74, 6) is 2.11. The SMILES string of the molecule is CCCNc1nc(-c2ncc[nH]2)nc(C(C)(C)C)c1Br. The number of aromatic nitrogens is 4. The van der Waals surface area contributed by atoms with E-state index in [-0.39, 0.29) is 5.41 Å². The fourth-order valence-electron chi connectivity index (χ4n) is 1.80. The molecule has 0 aromatic carbocycles. The van der Waals surface area contributed by atoms with Crippen LogP contribution in [0.2, 0.25) is 0 Å². The van der Waals surface area contributed by atoms with Crippen LogP contribution in [0.5, 0.6) is 0 Å². The Morgan fingerprint density at radius 1 is 1.30 bits per heavy atom. The maximum atomic E-state index is 4.66. The molecule has 0 saturated heterocycles. The van der Waals surface area contributed by atoms with E-state index in [9.17, 15) is 0 Å². The molecule has 0 spiro atoms. The summed E-state index contributed by atoms with van der Waals surface area (Å²) < 4.78 is 0.925. The van der Waals surface area contributed by atoms with Crippen molar-refractivity contribution in [3.63, 3.8) is 0 Å². The second kappa shape index (κ2) is 5.91. The molecule has 5 nitrogen and oxygen atoms in total. The van der Waals surface area contributed by atoms with Crippen LogP contribution in [0.4, 0.5) is 5.82 Å². The van der Waals surface area contributed by atoms with Crippen LogP contribution in [0.1, 0.15) is 39.8 Å². The van der Waals surface area contributed by atoms with E-state index >= 15 is 0 Å². The molecule has 0 unspecified atom stereocenters. The van der Waals surface area contributed by atoms with Crippen LogP contribution in [-0.2, 0) is 5.41 Å². The maximum absolute atomic E-state index is 4.66. The van der Waals surface area contributed by atoms with Gasteiger partial charge in [-0.2, -0.15) is 0 Å². The number of aromatic amines is 1. The van der Waals surface area contributed by atoms with Crippen LogP contribution in [-0.4, -0.2) is 26.5 Å². The number of rotatable bonds is 4. The van der Waals surface area contributed by atoms with Crippen LogP contribution < -0.4 is 5.32 Å². The van der Waals surface area contributed by atoms with Crippen molar-refractivity contribution < 1.29 is 0 Å². The first-order valence-corrected chi connectivity index (χ1v) is 7.54. The zero-order valence-electron chi connectivity index (χ0n) is 12.3. The number of H-pyrrole nitrogens is 1. The van der Waals surface area contributed by atoms with E-state index in [4.69, 9.17) is 0 Å². The molecular formula is C14H20BrN5. The molecule has 0 aliphatic carbocycles. The third kappa shape index (κ3) is 3.17. The van der Waals surface area contributed by atoms with Gasteiger partial charge in [0.2, 0.25) is 0 Å². The lowest BCUT2D eigenvalue weighted by molar-refractivity contribution is 0.564. The Morgan fingerprint density at radius 3 is 2.60 bits per heavy atom. The van der Waals surface area contributed by atoms with Gasteiger partial charge in [0, 0.05) is 24.4 Å². The van der Waals surface area contributed by atoms with Gasteiger partial charge in [-0.25, -0.2) is 15.0 Å². The van der Waals surface area contributed by atoms with Gasteiger partial charge < -0.3 is 10.3 Å². The Balaban J connectivity index is 2.54. The smallest absolute Gasteiger partial charge is 0.197 e. The molecule has 2 heterocycles. The summed E-state index contributed by atoms with van der Waals surface area (Å²) >= 11 is 3.63. The van der Waals surface area contributed by atoms with E-state index in [2.05, 4.69) is 68.9 Å². The predicted molar refractivity (Wildman–Crippen MR) is 84.8 cm³/mol. The van der Waals surface area contributed by atoms with Crippen LogP contribution >= 0.6 is 15.9 Å². The Bertz CT molecular complexity index is 572. The van der Waals surface area contributed by atoms with Gasteiger partial charge in [0.1, 0.15) is 5.82 Å². The lowest BCUT2D eigenvalue weighted by atomic mass is 9.92. The molecule has 2 aromatic heterocycles. The standard InChI is InChI=1S/C14H20BrN5/c1-5-6-16-11-9(15)10(14(2,3)4)19-13(20-11)12-17-7-8-18-12/h7-8H,5-6H2,1-4H3,(H,17,18)(H,16,19,20). The van der Waals surface area contributed by atoms with E-state index in [1.807, 2.05) is 0 Å². The lowest BCUT2D eigenvalue weighted by Gasteiger charge is -2.21. The Kier molecular flexibility index (Phi) is 4.42. The van der Waals surface area contributed by atoms with Crippen LogP contribution in [0.15, 0.2) is 16.9 Å². The van der Waals surface area contributed by atoms with Crippen molar-refractivity contribution >= 4 is 21.7 Å². The maximum Gasteiger partial charge on any atom is 0.197 e. The average Bonchev–Trinajstić information content (AvgIpc) is 2.90. The van der Waals surface area contributed by atoms with E-state index in [0.717, 1.165) is 29.0 Å². The molecule has 0 aliphatic rings. The Labute approximate surface area is 127 Å². The summed E-state index contributed by atoms with van der Waals surface area (Å²) in [7, 11) is 0. The Hall–Kier alpha value is -1.43. The molecule has 0 amide bonds. The fourth-order valence-corrected chi connectivity index (χ4v) is 2.71. The number of anilines is 1. The Morgan fingerprint density at radius 2 is 2.05 bits per heavy atom. The monoisotopic (exact) mass is 337 g/mol. The van der Waals surface area contributed by atoms with Gasteiger partial charge in [-0.3, -0.25) is 0 Å². The lowest BCUT2D eigenvalue weighted by Crippen LogP contribution is -2.18. The molecule has 0 radical (unpaired) electrons. The van der Waals surface area contributed by atoms with Gasteiger partial charge in [0.05, 0.1) is 10.2 Å². The van der Waals surface area contributed by atoms with Crippen molar-refractivity contribution in [3.8, 4) is 11.6 Å². The van der Waals surface area contributed by atoms with Crippen LogP contribution in [0.3, 0.4) is 0 Å². The molecule has 0 bridgehead atoms. The molecule has 20 heavy (non-hydrogen) atoms. The first-order valence-electron chi connectivity index (χ1n) is 6.75. The fraction of sp³-hybridized carbons (Fsp3) is 0.500. The highest BCUT2D eigenvalue weighted by atomic mass is 79.9. The molecule has 2 aromatic rings. The van der Waals surface area contributed by atoms with Crippen molar-refractivity contribution in [1.29, 1.82) is 0 Å². The molecule has 0 aliphatic heterocycles. The third-order valence-corrected chi connectivity index (χ3v) is 3.57. The minimum Gasteiger partial charge on any atom is -0.369 e. The molecule has 0 atom stereocenters. The molecule has 6 heteroatoms. The predicted octanol–water partition coefficient (Wildman–Crippen LogP) is 3.75. The summed E-state index contributed by atoms with van der Waals surface area (Å²) in [5.41, 5.74) is 0.892. The van der Waals surface area contributed by atoms with Crippen molar-refractivity contribution in [2.45, 2.75) is 39.5 Å². The van der Waals surface area contributed by atoms with Crippen LogP contribution in [0.25, 0.3) is 11.6 Å². The van der Waals surface area contributed by atoms with E-state index in [1.165, 1.54) is 0 Å². The number of halogens is 1. The number of nitrogens with one attached hydrogen (secondary N) is 2. The van der Waals surface area contributed by atoms with Gasteiger partial charge in [-0.1, -0.05) is 27.7 Å². The van der Waals surface area contributed by atoms with E-state index < -0.39 is 0 Å². The normalized spacial score (nSPS) is 11.7. The molecule has 0 fully saturated rings. The van der Waals surface area contributed by atoms with Gasteiger partial charge >= 0.3 is 0 Å². The highest BCUT2D eigenvalue weighted by molar-refractivity contribution is 9.10. The molecule has 0 saturated carbocycles. The van der Waals surface area contributed by atoms with Crippen LogP contribution in [0, 0.1) is 0 Å². The highest BCUT2D eigenvalue weighted by Gasteiger charge is 2.24. The number of hydrogen-bond acceptors (Lipinski definition) is 4. The summed E-state index contributed by atoms with van der Waals surface area (Å²) in [6.07, 6.45) is 4.52.